The Morgan fingerprint density at radius 3 is 2.46 bits per heavy atom. The molecule has 142 valence electrons. The third-order valence-electron chi connectivity index (χ3n) is 4.14. The van der Waals surface area contributed by atoms with E-state index in [1.54, 1.807) is 19.9 Å². The molecule has 0 aliphatic carbocycles. The number of benzene rings is 1. The summed E-state index contributed by atoms with van der Waals surface area (Å²) < 4.78 is 31.3. The van der Waals surface area contributed by atoms with E-state index in [-0.39, 0.29) is 12.2 Å². The lowest BCUT2D eigenvalue weighted by Gasteiger charge is -2.31. The quantitative estimate of drug-likeness (QED) is 0.508. The van der Waals surface area contributed by atoms with Crippen molar-refractivity contribution >= 4 is 17.1 Å². The van der Waals surface area contributed by atoms with E-state index in [1.807, 2.05) is 39.8 Å². The first kappa shape index (κ1) is 20.0. The third kappa shape index (κ3) is 4.09. The van der Waals surface area contributed by atoms with Crippen LogP contribution < -0.4 is 9.47 Å². The average molecular weight is 362 g/mol. The van der Waals surface area contributed by atoms with Crippen LogP contribution in [0.5, 0.6) is 11.5 Å². The lowest BCUT2D eigenvalue weighted by molar-refractivity contribution is -0.140. The molecule has 0 aromatic heterocycles. The standard InChI is InChI=1S/C21H27FO4/c1-7-14(19(22)20(23)25-9-3)16-10-15-13(4)12-21(5,6)26-18(15)11-17(16)24-8-2/h10-12H,7-9H2,1-6H3/b19-14+. The number of fused-ring (bicyclic) bond motifs is 1. The Bertz CT molecular complexity index is 760. The second-order valence-corrected chi connectivity index (χ2v) is 6.68. The molecule has 1 heterocycles. The van der Waals surface area contributed by atoms with Gasteiger partial charge < -0.3 is 14.2 Å². The second-order valence-electron chi connectivity index (χ2n) is 6.68. The van der Waals surface area contributed by atoms with Gasteiger partial charge in [-0.25, -0.2) is 4.79 Å². The SMILES string of the molecule is CCOC(=O)/C(F)=C(/CC)c1cc2c(cc1OCC)OC(C)(C)C=C2C. The molecule has 0 bridgehead atoms. The van der Waals surface area contributed by atoms with Crippen LogP contribution in [0.4, 0.5) is 4.39 Å². The minimum atomic E-state index is -0.950. The molecule has 1 aromatic carbocycles. The molecule has 0 amide bonds. The van der Waals surface area contributed by atoms with Crippen molar-refractivity contribution in [2.45, 2.75) is 53.6 Å². The summed E-state index contributed by atoms with van der Waals surface area (Å²) in [4.78, 5) is 11.9. The summed E-state index contributed by atoms with van der Waals surface area (Å²) in [6.07, 6.45) is 2.36. The van der Waals surface area contributed by atoms with Gasteiger partial charge in [-0.3, -0.25) is 0 Å². The summed E-state index contributed by atoms with van der Waals surface area (Å²) in [6.45, 7) is 11.8. The molecule has 0 atom stereocenters. The highest BCUT2D eigenvalue weighted by Crippen LogP contribution is 2.43. The summed E-state index contributed by atoms with van der Waals surface area (Å²) in [5.41, 5.74) is 2.29. The number of carbonyl (C=O) groups is 1. The van der Waals surface area contributed by atoms with Gasteiger partial charge in [-0.1, -0.05) is 6.92 Å². The normalized spacial score (nSPS) is 16.0. The molecule has 0 fully saturated rings. The molecule has 0 radical (unpaired) electrons. The van der Waals surface area contributed by atoms with E-state index < -0.39 is 17.4 Å². The van der Waals surface area contributed by atoms with E-state index in [4.69, 9.17) is 14.2 Å². The predicted molar refractivity (Wildman–Crippen MR) is 101 cm³/mol. The van der Waals surface area contributed by atoms with Crippen LogP contribution >= 0.6 is 0 Å². The molecule has 1 aromatic rings. The van der Waals surface area contributed by atoms with Crippen LogP contribution in [-0.4, -0.2) is 24.8 Å². The molecule has 2 rings (SSSR count). The van der Waals surface area contributed by atoms with Crippen molar-refractivity contribution in [1.29, 1.82) is 0 Å². The molecule has 5 heteroatoms. The Kier molecular flexibility index (Phi) is 6.11. The molecular weight excluding hydrogens is 335 g/mol. The number of halogens is 1. The monoisotopic (exact) mass is 362 g/mol. The smallest absolute Gasteiger partial charge is 0.367 e. The Hall–Kier alpha value is -2.30. The molecule has 0 saturated heterocycles. The second kappa shape index (κ2) is 7.94. The van der Waals surface area contributed by atoms with Crippen molar-refractivity contribution in [2.24, 2.45) is 0 Å². The van der Waals surface area contributed by atoms with Crippen molar-refractivity contribution < 1.29 is 23.4 Å². The van der Waals surface area contributed by atoms with E-state index in [2.05, 4.69) is 0 Å². The van der Waals surface area contributed by atoms with Gasteiger partial charge in [-0.15, -0.1) is 0 Å². The summed E-state index contributed by atoms with van der Waals surface area (Å²) in [5, 5.41) is 0. The van der Waals surface area contributed by atoms with Crippen molar-refractivity contribution in [3.8, 4) is 11.5 Å². The maximum absolute atomic E-state index is 14.7. The maximum Gasteiger partial charge on any atom is 0.367 e. The number of ether oxygens (including phenoxy) is 3. The molecule has 1 aliphatic rings. The average Bonchev–Trinajstić information content (AvgIpc) is 2.55. The van der Waals surface area contributed by atoms with Gasteiger partial charge in [0.1, 0.15) is 17.1 Å². The van der Waals surface area contributed by atoms with Crippen LogP contribution in [0.2, 0.25) is 0 Å². The molecule has 1 aliphatic heterocycles. The summed E-state index contributed by atoms with van der Waals surface area (Å²) in [6, 6.07) is 3.61. The van der Waals surface area contributed by atoms with E-state index in [0.29, 0.717) is 30.1 Å². The fourth-order valence-electron chi connectivity index (χ4n) is 3.16. The Morgan fingerprint density at radius 1 is 1.19 bits per heavy atom. The first-order valence-corrected chi connectivity index (χ1v) is 8.99. The fraction of sp³-hybridized carbons (Fsp3) is 0.476. The number of allylic oxidation sites excluding steroid dienone is 2. The van der Waals surface area contributed by atoms with Gasteiger partial charge in [-0.2, -0.15) is 4.39 Å². The van der Waals surface area contributed by atoms with Crippen molar-refractivity contribution in [3.63, 3.8) is 0 Å². The summed E-state index contributed by atoms with van der Waals surface area (Å²) in [7, 11) is 0. The Morgan fingerprint density at radius 2 is 1.88 bits per heavy atom. The number of carbonyl (C=O) groups excluding carboxylic acids is 1. The number of esters is 1. The maximum atomic E-state index is 14.7. The first-order chi connectivity index (χ1) is 12.2. The highest BCUT2D eigenvalue weighted by molar-refractivity contribution is 5.96. The van der Waals surface area contributed by atoms with Crippen LogP contribution in [0, 0.1) is 0 Å². The topological polar surface area (TPSA) is 44.8 Å². The molecule has 26 heavy (non-hydrogen) atoms. The zero-order valence-corrected chi connectivity index (χ0v) is 16.4. The number of rotatable bonds is 6. The third-order valence-corrected chi connectivity index (χ3v) is 4.14. The van der Waals surface area contributed by atoms with Crippen molar-refractivity contribution in [2.75, 3.05) is 13.2 Å². The van der Waals surface area contributed by atoms with Crippen molar-refractivity contribution in [1.82, 2.24) is 0 Å². The van der Waals surface area contributed by atoms with Gasteiger partial charge >= 0.3 is 5.97 Å². The van der Waals surface area contributed by atoms with Crippen molar-refractivity contribution in [3.05, 3.63) is 35.2 Å². The first-order valence-electron chi connectivity index (χ1n) is 8.99. The van der Waals surface area contributed by atoms with Crippen LogP contribution in [0.25, 0.3) is 11.1 Å². The molecule has 0 N–H and O–H groups in total. The van der Waals surface area contributed by atoms with Gasteiger partial charge in [0.2, 0.25) is 5.83 Å². The van der Waals surface area contributed by atoms with Gasteiger partial charge in [0.05, 0.1) is 13.2 Å². The van der Waals surface area contributed by atoms with Gasteiger partial charge in [0.15, 0.2) is 0 Å². The van der Waals surface area contributed by atoms with E-state index in [9.17, 15) is 9.18 Å². The summed E-state index contributed by atoms with van der Waals surface area (Å²) >= 11 is 0. The van der Waals surface area contributed by atoms with Gasteiger partial charge in [-0.05, 0) is 58.8 Å². The molecule has 0 unspecified atom stereocenters. The lowest BCUT2D eigenvalue weighted by atomic mass is 9.91. The van der Waals surface area contributed by atoms with Gasteiger partial charge in [0, 0.05) is 22.8 Å². The zero-order chi connectivity index (χ0) is 19.5. The van der Waals surface area contributed by atoms with E-state index in [0.717, 1.165) is 11.1 Å². The van der Waals surface area contributed by atoms with Crippen LogP contribution in [0.15, 0.2) is 24.0 Å². The molecule has 4 nitrogen and oxygen atoms in total. The minimum Gasteiger partial charge on any atom is -0.493 e. The molecule has 0 spiro atoms. The van der Waals surface area contributed by atoms with Crippen LogP contribution in [0.3, 0.4) is 0 Å². The van der Waals surface area contributed by atoms with Crippen LogP contribution in [-0.2, 0) is 9.53 Å². The lowest BCUT2D eigenvalue weighted by Crippen LogP contribution is -2.28. The van der Waals surface area contributed by atoms with Gasteiger partial charge in [0.25, 0.3) is 0 Å². The summed E-state index contributed by atoms with van der Waals surface area (Å²) in [5.74, 6) is -0.648. The number of hydrogen-bond acceptors (Lipinski definition) is 4. The highest BCUT2D eigenvalue weighted by Gasteiger charge is 2.28. The molecule has 0 saturated carbocycles. The number of hydrogen-bond donors (Lipinski definition) is 0. The Balaban J connectivity index is 2.66. The van der Waals surface area contributed by atoms with E-state index in [1.165, 1.54) is 0 Å². The fourth-order valence-corrected chi connectivity index (χ4v) is 3.16. The highest BCUT2D eigenvalue weighted by atomic mass is 19.1. The Labute approximate surface area is 154 Å². The van der Waals surface area contributed by atoms with E-state index >= 15 is 0 Å². The zero-order valence-electron chi connectivity index (χ0n) is 16.4. The minimum absolute atomic E-state index is 0.122. The van der Waals surface area contributed by atoms with Crippen LogP contribution in [0.1, 0.15) is 59.1 Å². The largest absolute Gasteiger partial charge is 0.493 e. The molecular formula is C21H27FO4. The predicted octanol–water partition coefficient (Wildman–Crippen LogP) is 5.31.